The van der Waals surface area contributed by atoms with Crippen LogP contribution in [0.2, 0.25) is 0 Å². The van der Waals surface area contributed by atoms with Crippen LogP contribution in [0, 0.1) is 0 Å². The number of anilines is 2. The lowest BCUT2D eigenvalue weighted by Gasteiger charge is -2.13. The standard InChI is InChI=1S/C23H26N4O3S/c1-15(28)21(19-14-31-23(24)27-19)22(30)26-18-9-7-16(8-10-18)11-12-25-13-20(29)17-5-3-2-4-6-17/h2-10,14,20-21,25,29H,11-13H2,1H3,(H2,24,27)(H,26,30)/t20?,21-/m0/s1. The Labute approximate surface area is 185 Å². The number of ketones is 1. The van der Waals surface area contributed by atoms with E-state index >= 15 is 0 Å². The Morgan fingerprint density at radius 3 is 2.45 bits per heavy atom. The Balaban J connectivity index is 1.48. The normalized spacial score (nSPS) is 12.8. The van der Waals surface area contributed by atoms with E-state index in [1.165, 1.54) is 18.3 Å². The van der Waals surface area contributed by atoms with Gasteiger partial charge in [0.2, 0.25) is 5.91 Å². The quantitative estimate of drug-likeness (QED) is 0.286. The Morgan fingerprint density at radius 1 is 1.13 bits per heavy atom. The summed E-state index contributed by atoms with van der Waals surface area (Å²) in [6, 6.07) is 17.0. The van der Waals surface area contributed by atoms with Gasteiger partial charge in [-0.05, 0) is 43.1 Å². The minimum atomic E-state index is -0.978. The van der Waals surface area contributed by atoms with E-state index < -0.39 is 17.9 Å². The second-order valence-electron chi connectivity index (χ2n) is 7.22. The molecule has 1 amide bonds. The number of thiazole rings is 1. The molecule has 2 aromatic carbocycles. The predicted molar refractivity (Wildman–Crippen MR) is 123 cm³/mol. The Kier molecular flexibility index (Phi) is 7.88. The summed E-state index contributed by atoms with van der Waals surface area (Å²) in [6.07, 6.45) is 0.241. The molecule has 8 heteroatoms. The molecule has 1 heterocycles. The summed E-state index contributed by atoms with van der Waals surface area (Å²) < 4.78 is 0. The van der Waals surface area contributed by atoms with Crippen LogP contribution in [-0.4, -0.2) is 34.9 Å². The summed E-state index contributed by atoms with van der Waals surface area (Å²) in [6.45, 7) is 2.56. The van der Waals surface area contributed by atoms with E-state index in [0.29, 0.717) is 29.6 Å². The van der Waals surface area contributed by atoms with Crippen molar-refractivity contribution in [2.75, 3.05) is 24.1 Å². The topological polar surface area (TPSA) is 117 Å². The molecule has 0 aliphatic heterocycles. The molecule has 0 aliphatic carbocycles. The number of aliphatic hydroxyl groups excluding tert-OH is 1. The van der Waals surface area contributed by atoms with E-state index in [2.05, 4.69) is 15.6 Å². The van der Waals surface area contributed by atoms with Crippen LogP contribution >= 0.6 is 11.3 Å². The number of benzene rings is 2. The van der Waals surface area contributed by atoms with Gasteiger partial charge in [-0.1, -0.05) is 42.5 Å². The number of carbonyl (C=O) groups excluding carboxylic acids is 2. The van der Waals surface area contributed by atoms with Gasteiger partial charge in [0.15, 0.2) is 5.13 Å². The van der Waals surface area contributed by atoms with Gasteiger partial charge in [0.05, 0.1) is 11.8 Å². The molecular weight excluding hydrogens is 412 g/mol. The molecule has 5 N–H and O–H groups in total. The third kappa shape index (κ3) is 6.45. The first kappa shape index (κ1) is 22.6. The first-order chi connectivity index (χ1) is 14.9. The van der Waals surface area contributed by atoms with E-state index in [-0.39, 0.29) is 5.78 Å². The van der Waals surface area contributed by atoms with Crippen molar-refractivity contribution in [1.29, 1.82) is 0 Å². The molecule has 0 aliphatic rings. The SMILES string of the molecule is CC(=O)[C@H](C(=O)Nc1ccc(CCNCC(O)c2ccccc2)cc1)c1csc(N)n1. The number of amides is 1. The fraction of sp³-hybridized carbons (Fsp3) is 0.261. The average molecular weight is 439 g/mol. The van der Waals surface area contributed by atoms with E-state index in [1.54, 1.807) is 17.5 Å². The molecule has 31 heavy (non-hydrogen) atoms. The zero-order valence-corrected chi connectivity index (χ0v) is 18.1. The second-order valence-corrected chi connectivity index (χ2v) is 8.11. The van der Waals surface area contributed by atoms with Crippen molar-refractivity contribution in [1.82, 2.24) is 10.3 Å². The molecule has 0 spiro atoms. The fourth-order valence-electron chi connectivity index (χ4n) is 3.19. The monoisotopic (exact) mass is 438 g/mol. The van der Waals surface area contributed by atoms with Gasteiger partial charge in [0.25, 0.3) is 0 Å². The minimum absolute atomic E-state index is 0.289. The highest BCUT2D eigenvalue weighted by Crippen LogP contribution is 2.23. The van der Waals surface area contributed by atoms with Gasteiger partial charge in [0, 0.05) is 17.6 Å². The maximum atomic E-state index is 12.6. The number of hydrogen-bond donors (Lipinski definition) is 4. The summed E-state index contributed by atoms with van der Waals surface area (Å²) in [7, 11) is 0. The summed E-state index contributed by atoms with van der Waals surface area (Å²) in [5.41, 5.74) is 8.58. The van der Waals surface area contributed by atoms with Crippen molar-refractivity contribution in [2.45, 2.75) is 25.4 Å². The smallest absolute Gasteiger partial charge is 0.241 e. The van der Waals surface area contributed by atoms with Crippen molar-refractivity contribution in [3.8, 4) is 0 Å². The van der Waals surface area contributed by atoms with E-state index in [0.717, 1.165) is 17.5 Å². The lowest BCUT2D eigenvalue weighted by atomic mass is 10.0. The maximum absolute atomic E-state index is 12.6. The van der Waals surface area contributed by atoms with Crippen molar-refractivity contribution in [3.63, 3.8) is 0 Å². The third-order valence-corrected chi connectivity index (χ3v) is 5.53. The van der Waals surface area contributed by atoms with Crippen LogP contribution in [0.5, 0.6) is 0 Å². The van der Waals surface area contributed by atoms with Crippen LogP contribution in [0.1, 0.15) is 35.8 Å². The summed E-state index contributed by atoms with van der Waals surface area (Å²) in [4.78, 5) is 28.6. The molecule has 0 bridgehead atoms. The zero-order valence-electron chi connectivity index (χ0n) is 17.2. The molecule has 0 fully saturated rings. The molecule has 1 aromatic heterocycles. The van der Waals surface area contributed by atoms with Crippen LogP contribution in [-0.2, 0) is 16.0 Å². The van der Waals surface area contributed by atoms with Gasteiger partial charge < -0.3 is 21.5 Å². The van der Waals surface area contributed by atoms with E-state index in [1.807, 2.05) is 42.5 Å². The lowest BCUT2D eigenvalue weighted by molar-refractivity contribution is -0.126. The second kappa shape index (κ2) is 10.8. The number of rotatable bonds is 10. The highest BCUT2D eigenvalue weighted by Gasteiger charge is 2.27. The largest absolute Gasteiger partial charge is 0.387 e. The van der Waals surface area contributed by atoms with E-state index in [4.69, 9.17) is 5.73 Å². The number of hydrogen-bond acceptors (Lipinski definition) is 7. The van der Waals surface area contributed by atoms with Crippen LogP contribution in [0.3, 0.4) is 0 Å². The Morgan fingerprint density at radius 2 is 1.84 bits per heavy atom. The van der Waals surface area contributed by atoms with Crippen LogP contribution in [0.4, 0.5) is 10.8 Å². The van der Waals surface area contributed by atoms with Crippen LogP contribution in [0.25, 0.3) is 0 Å². The Hall–Kier alpha value is -3.07. The number of nitrogens with one attached hydrogen (secondary N) is 2. The van der Waals surface area contributed by atoms with Crippen molar-refractivity contribution in [2.24, 2.45) is 0 Å². The van der Waals surface area contributed by atoms with E-state index in [9.17, 15) is 14.7 Å². The van der Waals surface area contributed by atoms with Crippen molar-refractivity contribution in [3.05, 3.63) is 76.8 Å². The number of nitrogen functional groups attached to an aromatic ring is 1. The van der Waals surface area contributed by atoms with Crippen LogP contribution < -0.4 is 16.4 Å². The molecule has 2 atom stereocenters. The number of aliphatic hydroxyl groups is 1. The van der Waals surface area contributed by atoms with Gasteiger partial charge in [-0.25, -0.2) is 4.98 Å². The number of carbonyl (C=O) groups is 2. The number of nitrogens with zero attached hydrogens (tertiary/aromatic N) is 1. The van der Waals surface area contributed by atoms with Crippen molar-refractivity contribution < 1.29 is 14.7 Å². The maximum Gasteiger partial charge on any atom is 0.241 e. The molecule has 7 nitrogen and oxygen atoms in total. The molecule has 0 saturated heterocycles. The van der Waals surface area contributed by atoms with Gasteiger partial charge >= 0.3 is 0 Å². The number of nitrogens with two attached hydrogens (primary N) is 1. The van der Waals surface area contributed by atoms with Crippen molar-refractivity contribution >= 4 is 33.8 Å². The molecule has 3 rings (SSSR count). The van der Waals surface area contributed by atoms with Gasteiger partial charge in [0.1, 0.15) is 11.7 Å². The fourth-order valence-corrected chi connectivity index (χ4v) is 3.78. The molecule has 0 saturated carbocycles. The first-order valence-corrected chi connectivity index (χ1v) is 10.9. The zero-order chi connectivity index (χ0) is 22.2. The Bertz CT molecular complexity index is 1010. The molecule has 0 radical (unpaired) electrons. The van der Waals surface area contributed by atoms with Gasteiger partial charge in [-0.2, -0.15) is 0 Å². The summed E-state index contributed by atoms with van der Waals surface area (Å²) >= 11 is 1.20. The highest BCUT2D eigenvalue weighted by molar-refractivity contribution is 7.13. The number of Topliss-reactive ketones (excluding diaryl/α,β-unsaturated/α-hetero) is 1. The summed E-state index contributed by atoms with van der Waals surface area (Å²) in [5.74, 6) is -1.70. The summed E-state index contributed by atoms with van der Waals surface area (Å²) in [5, 5.41) is 18.1. The van der Waals surface area contributed by atoms with Gasteiger partial charge in [-0.15, -0.1) is 11.3 Å². The van der Waals surface area contributed by atoms with Crippen LogP contribution in [0.15, 0.2) is 60.0 Å². The molecule has 162 valence electrons. The molecule has 3 aromatic rings. The number of aromatic nitrogens is 1. The molecular formula is C23H26N4O3S. The highest BCUT2D eigenvalue weighted by atomic mass is 32.1. The molecule has 1 unspecified atom stereocenters. The average Bonchev–Trinajstić information content (AvgIpc) is 3.18. The first-order valence-electron chi connectivity index (χ1n) is 9.99. The van der Waals surface area contributed by atoms with Gasteiger partial charge in [-0.3, -0.25) is 9.59 Å². The predicted octanol–water partition coefficient (Wildman–Crippen LogP) is 2.90. The lowest BCUT2D eigenvalue weighted by Crippen LogP contribution is -2.26. The minimum Gasteiger partial charge on any atom is -0.387 e. The third-order valence-electron chi connectivity index (χ3n) is 4.84.